The summed E-state index contributed by atoms with van der Waals surface area (Å²) in [6.07, 6.45) is 0. The van der Waals surface area contributed by atoms with E-state index in [1.165, 1.54) is 27.5 Å². The molecule has 1 aromatic rings. The lowest BCUT2D eigenvalue weighted by atomic mass is 9.87. The molecule has 0 amide bonds. The van der Waals surface area contributed by atoms with Crippen LogP contribution in [0, 0.1) is 19.3 Å². The number of anilines is 1. The van der Waals surface area contributed by atoms with Gasteiger partial charge in [-0.05, 0) is 36.5 Å². The predicted molar refractivity (Wildman–Crippen MR) is 73.5 cm³/mol. The molecule has 2 heteroatoms. The van der Waals surface area contributed by atoms with E-state index in [2.05, 4.69) is 52.1 Å². The van der Waals surface area contributed by atoms with Crippen molar-refractivity contribution in [1.82, 2.24) is 0 Å². The van der Waals surface area contributed by atoms with Crippen molar-refractivity contribution >= 4 is 17.4 Å². The fourth-order valence-electron chi connectivity index (χ4n) is 1.95. The number of fused-ring (bicyclic) bond motifs is 1. The molecule has 1 aliphatic rings. The summed E-state index contributed by atoms with van der Waals surface area (Å²) in [5.41, 5.74) is 4.46. The highest BCUT2D eigenvalue weighted by Gasteiger charge is 2.29. The Hall–Kier alpha value is -0.630. The van der Waals surface area contributed by atoms with Crippen LogP contribution >= 0.6 is 11.8 Å². The molecular weight excluding hydrogens is 214 g/mol. The van der Waals surface area contributed by atoms with E-state index in [-0.39, 0.29) is 0 Å². The monoisotopic (exact) mass is 235 g/mol. The highest BCUT2D eigenvalue weighted by atomic mass is 32.2. The van der Waals surface area contributed by atoms with Gasteiger partial charge in [0, 0.05) is 16.7 Å². The smallest absolute Gasteiger partial charge is 0.0513 e. The third-order valence-corrected chi connectivity index (χ3v) is 4.62. The van der Waals surface area contributed by atoms with Crippen molar-refractivity contribution in [3.05, 3.63) is 23.3 Å². The summed E-state index contributed by atoms with van der Waals surface area (Å²) in [7, 11) is 0. The zero-order valence-electron chi connectivity index (χ0n) is 10.8. The minimum Gasteiger partial charge on any atom is -0.380 e. The number of aryl methyl sites for hydroxylation is 1. The van der Waals surface area contributed by atoms with E-state index < -0.39 is 0 Å². The molecule has 0 fully saturated rings. The molecule has 1 heterocycles. The average molecular weight is 235 g/mol. The Morgan fingerprint density at radius 2 is 1.94 bits per heavy atom. The lowest BCUT2D eigenvalue weighted by molar-refractivity contribution is 0.361. The van der Waals surface area contributed by atoms with Crippen molar-refractivity contribution in [1.29, 1.82) is 0 Å². The van der Waals surface area contributed by atoms with Crippen LogP contribution in [0.2, 0.25) is 0 Å². The molecule has 0 spiro atoms. The van der Waals surface area contributed by atoms with E-state index in [1.807, 2.05) is 11.8 Å². The third kappa shape index (κ3) is 2.08. The van der Waals surface area contributed by atoms with Crippen molar-refractivity contribution in [2.24, 2.45) is 5.41 Å². The molecule has 0 saturated carbocycles. The Morgan fingerprint density at radius 1 is 1.25 bits per heavy atom. The van der Waals surface area contributed by atoms with Gasteiger partial charge in [0.25, 0.3) is 0 Å². The lowest BCUT2D eigenvalue weighted by Crippen LogP contribution is -2.38. The van der Waals surface area contributed by atoms with Crippen molar-refractivity contribution < 1.29 is 0 Å². The zero-order valence-corrected chi connectivity index (χ0v) is 11.7. The number of hydrogen-bond acceptors (Lipinski definition) is 2. The first-order valence-corrected chi connectivity index (χ1v) is 6.87. The Bertz CT molecular complexity index is 404. The SMILES string of the molecule is Cc1ccc2c(c1C)NC(C(C)(C)C)CS2. The van der Waals surface area contributed by atoms with Crippen molar-refractivity contribution in [2.75, 3.05) is 11.1 Å². The van der Waals surface area contributed by atoms with Gasteiger partial charge in [0.2, 0.25) is 0 Å². The molecule has 1 unspecified atom stereocenters. The van der Waals surface area contributed by atoms with Gasteiger partial charge in [-0.3, -0.25) is 0 Å². The quantitative estimate of drug-likeness (QED) is 0.722. The molecule has 88 valence electrons. The van der Waals surface area contributed by atoms with Gasteiger partial charge in [0.05, 0.1) is 5.69 Å². The first-order chi connectivity index (χ1) is 7.39. The van der Waals surface area contributed by atoms with Crippen LogP contribution in [0.25, 0.3) is 0 Å². The molecule has 16 heavy (non-hydrogen) atoms. The van der Waals surface area contributed by atoms with E-state index in [0.29, 0.717) is 11.5 Å². The van der Waals surface area contributed by atoms with Gasteiger partial charge in [-0.2, -0.15) is 0 Å². The largest absolute Gasteiger partial charge is 0.380 e. The van der Waals surface area contributed by atoms with E-state index in [1.54, 1.807) is 0 Å². The molecule has 2 rings (SSSR count). The van der Waals surface area contributed by atoms with E-state index >= 15 is 0 Å². The van der Waals surface area contributed by atoms with Crippen LogP contribution in [0.4, 0.5) is 5.69 Å². The van der Waals surface area contributed by atoms with Crippen molar-refractivity contribution in [2.45, 2.75) is 45.6 Å². The fraction of sp³-hybridized carbons (Fsp3) is 0.571. The van der Waals surface area contributed by atoms with Crippen LogP contribution in [-0.4, -0.2) is 11.8 Å². The molecule has 0 bridgehead atoms. The highest BCUT2D eigenvalue weighted by Crippen LogP contribution is 2.40. The van der Waals surface area contributed by atoms with Crippen LogP contribution in [0.1, 0.15) is 31.9 Å². The topological polar surface area (TPSA) is 12.0 Å². The Balaban J connectivity index is 2.36. The summed E-state index contributed by atoms with van der Waals surface area (Å²) in [4.78, 5) is 1.41. The first kappa shape index (κ1) is 11.8. The third-order valence-electron chi connectivity index (χ3n) is 3.47. The van der Waals surface area contributed by atoms with Crippen molar-refractivity contribution in [3.8, 4) is 0 Å². The second-order valence-corrected chi connectivity index (χ2v) is 6.82. The predicted octanol–water partition coefficient (Wildman–Crippen LogP) is 4.24. The summed E-state index contributed by atoms with van der Waals surface area (Å²) < 4.78 is 0. The lowest BCUT2D eigenvalue weighted by Gasteiger charge is -2.37. The molecular formula is C14H21NS. The summed E-state index contributed by atoms with van der Waals surface area (Å²) in [6, 6.07) is 5.03. The summed E-state index contributed by atoms with van der Waals surface area (Å²) >= 11 is 1.98. The second-order valence-electron chi connectivity index (χ2n) is 5.75. The van der Waals surface area contributed by atoms with Crippen LogP contribution in [0.5, 0.6) is 0 Å². The van der Waals surface area contributed by atoms with E-state index in [9.17, 15) is 0 Å². The van der Waals surface area contributed by atoms with Gasteiger partial charge in [-0.1, -0.05) is 26.8 Å². The highest BCUT2D eigenvalue weighted by molar-refractivity contribution is 7.99. The van der Waals surface area contributed by atoms with Gasteiger partial charge < -0.3 is 5.32 Å². The summed E-state index contributed by atoms with van der Waals surface area (Å²) in [6.45, 7) is 11.3. The molecule has 0 aliphatic carbocycles. The maximum absolute atomic E-state index is 3.73. The standard InChI is InChI=1S/C14H21NS/c1-9-6-7-11-13(10(9)2)15-12(8-16-11)14(3,4)5/h6-7,12,15H,8H2,1-5H3. The maximum Gasteiger partial charge on any atom is 0.0513 e. The zero-order chi connectivity index (χ0) is 11.9. The fourth-order valence-corrected chi connectivity index (χ4v) is 3.40. The Morgan fingerprint density at radius 3 is 2.56 bits per heavy atom. The molecule has 1 N–H and O–H groups in total. The van der Waals surface area contributed by atoms with Gasteiger partial charge in [0.1, 0.15) is 0 Å². The van der Waals surface area contributed by atoms with Crippen LogP contribution in [0.15, 0.2) is 17.0 Å². The minimum absolute atomic E-state index is 0.320. The molecule has 1 nitrogen and oxygen atoms in total. The van der Waals surface area contributed by atoms with E-state index in [0.717, 1.165) is 0 Å². The molecule has 0 radical (unpaired) electrons. The summed E-state index contributed by atoms with van der Waals surface area (Å²) in [5.74, 6) is 1.17. The Labute approximate surface area is 103 Å². The number of benzene rings is 1. The van der Waals surface area contributed by atoms with Gasteiger partial charge in [-0.25, -0.2) is 0 Å². The number of thioether (sulfide) groups is 1. The van der Waals surface area contributed by atoms with E-state index in [4.69, 9.17) is 0 Å². The number of nitrogens with one attached hydrogen (secondary N) is 1. The van der Waals surface area contributed by atoms with Gasteiger partial charge in [0.15, 0.2) is 0 Å². The average Bonchev–Trinajstić information content (AvgIpc) is 2.22. The molecule has 0 saturated heterocycles. The van der Waals surface area contributed by atoms with Gasteiger partial charge >= 0.3 is 0 Å². The number of rotatable bonds is 0. The minimum atomic E-state index is 0.320. The molecule has 1 atom stereocenters. The maximum atomic E-state index is 3.73. The van der Waals surface area contributed by atoms with Crippen LogP contribution in [0.3, 0.4) is 0 Å². The van der Waals surface area contributed by atoms with Crippen molar-refractivity contribution in [3.63, 3.8) is 0 Å². The normalized spacial score (nSPS) is 20.2. The first-order valence-electron chi connectivity index (χ1n) is 5.89. The molecule has 0 aromatic heterocycles. The summed E-state index contributed by atoms with van der Waals surface area (Å²) in [5, 5.41) is 3.73. The Kier molecular flexibility index (Phi) is 2.95. The molecule has 1 aromatic carbocycles. The second kappa shape index (κ2) is 3.99. The molecule has 1 aliphatic heterocycles. The van der Waals surface area contributed by atoms with Crippen LogP contribution < -0.4 is 5.32 Å². The number of hydrogen-bond donors (Lipinski definition) is 1. The van der Waals surface area contributed by atoms with Crippen LogP contribution in [-0.2, 0) is 0 Å². The van der Waals surface area contributed by atoms with Gasteiger partial charge in [-0.15, -0.1) is 11.8 Å².